The number of aromatic carboxylic acids is 1. The molecule has 1 rings (SSSR count). The zero-order chi connectivity index (χ0) is 15.0. The van der Waals surface area contributed by atoms with E-state index in [-0.39, 0.29) is 9.77 Å². The summed E-state index contributed by atoms with van der Waals surface area (Å²) in [5.41, 5.74) is 0. The first kappa shape index (κ1) is 17.1. The molecular weight excluding hydrogens is 298 g/mol. The Morgan fingerprint density at radius 3 is 2.50 bits per heavy atom. The molecule has 0 saturated heterocycles. The third-order valence-corrected chi connectivity index (χ3v) is 5.43. The summed E-state index contributed by atoms with van der Waals surface area (Å²) in [4.78, 5) is 10.8. The van der Waals surface area contributed by atoms with Gasteiger partial charge in [0.05, 0.1) is 4.90 Å². The zero-order valence-electron chi connectivity index (χ0n) is 11.6. The van der Waals surface area contributed by atoms with E-state index < -0.39 is 16.0 Å². The molecule has 1 aromatic rings. The maximum absolute atomic E-state index is 11.9. The summed E-state index contributed by atoms with van der Waals surface area (Å²) in [6.07, 6.45) is 6.54. The number of rotatable bonds is 10. The first-order valence-corrected chi connectivity index (χ1v) is 9.15. The lowest BCUT2D eigenvalue weighted by molar-refractivity contribution is 0.0702. The van der Waals surface area contributed by atoms with Crippen LogP contribution in [0, 0.1) is 0 Å². The topological polar surface area (TPSA) is 83.5 Å². The molecule has 0 aromatic carbocycles. The van der Waals surface area contributed by atoms with E-state index in [4.69, 9.17) is 5.11 Å². The fraction of sp³-hybridized carbons (Fsp3) is 0.615. The average Bonchev–Trinajstić information content (AvgIpc) is 2.88. The smallest absolute Gasteiger partial charge is 0.345 e. The molecule has 0 aliphatic heterocycles. The molecule has 0 fully saturated rings. The van der Waals surface area contributed by atoms with Crippen LogP contribution in [0.3, 0.4) is 0 Å². The molecule has 5 nitrogen and oxygen atoms in total. The Bertz CT molecular complexity index is 522. The summed E-state index contributed by atoms with van der Waals surface area (Å²) < 4.78 is 26.3. The molecule has 0 aliphatic carbocycles. The van der Waals surface area contributed by atoms with Gasteiger partial charge in [-0.15, -0.1) is 11.3 Å². The maximum Gasteiger partial charge on any atom is 0.345 e. The fourth-order valence-electron chi connectivity index (χ4n) is 1.77. The summed E-state index contributed by atoms with van der Waals surface area (Å²) in [5, 5.41) is 10.1. The number of nitrogens with one attached hydrogen (secondary N) is 1. The van der Waals surface area contributed by atoms with Crippen molar-refractivity contribution in [3.8, 4) is 0 Å². The van der Waals surface area contributed by atoms with Crippen molar-refractivity contribution in [2.24, 2.45) is 0 Å². The molecule has 20 heavy (non-hydrogen) atoms. The van der Waals surface area contributed by atoms with Crippen molar-refractivity contribution in [1.82, 2.24) is 4.72 Å². The van der Waals surface area contributed by atoms with Gasteiger partial charge in [0.15, 0.2) is 0 Å². The number of hydrogen-bond donors (Lipinski definition) is 2. The van der Waals surface area contributed by atoms with Crippen molar-refractivity contribution < 1.29 is 18.3 Å². The van der Waals surface area contributed by atoms with Crippen LogP contribution in [0.4, 0.5) is 0 Å². The van der Waals surface area contributed by atoms with Gasteiger partial charge in [-0.05, 0) is 12.5 Å². The van der Waals surface area contributed by atoms with Crippen LogP contribution in [0.15, 0.2) is 16.3 Å². The quantitative estimate of drug-likeness (QED) is 0.649. The van der Waals surface area contributed by atoms with Gasteiger partial charge >= 0.3 is 5.97 Å². The van der Waals surface area contributed by atoms with Gasteiger partial charge in [-0.25, -0.2) is 17.9 Å². The molecule has 0 bridgehead atoms. The maximum atomic E-state index is 11.9. The normalized spacial score (nSPS) is 11.7. The Kier molecular flexibility index (Phi) is 7.18. The van der Waals surface area contributed by atoms with E-state index in [1.807, 2.05) is 0 Å². The number of carbonyl (C=O) groups is 1. The van der Waals surface area contributed by atoms with E-state index in [1.54, 1.807) is 0 Å². The third-order valence-electron chi connectivity index (χ3n) is 2.92. The predicted octanol–water partition coefficient (Wildman–Crippen LogP) is 3.09. The molecule has 0 saturated carbocycles. The van der Waals surface area contributed by atoms with Crippen LogP contribution in [0.2, 0.25) is 0 Å². The highest BCUT2D eigenvalue weighted by Crippen LogP contribution is 2.19. The second-order valence-electron chi connectivity index (χ2n) is 4.62. The number of carboxylic acids is 1. The molecule has 0 radical (unpaired) electrons. The second-order valence-corrected chi connectivity index (χ2v) is 7.30. The van der Waals surface area contributed by atoms with E-state index in [9.17, 15) is 13.2 Å². The fourth-order valence-corrected chi connectivity index (χ4v) is 3.95. The number of sulfonamides is 1. The predicted molar refractivity (Wildman–Crippen MR) is 79.8 cm³/mol. The van der Waals surface area contributed by atoms with Crippen LogP contribution >= 0.6 is 11.3 Å². The van der Waals surface area contributed by atoms with Gasteiger partial charge in [0.2, 0.25) is 10.0 Å². The van der Waals surface area contributed by atoms with Crippen molar-refractivity contribution in [3.05, 3.63) is 16.3 Å². The van der Waals surface area contributed by atoms with Crippen molar-refractivity contribution in [2.45, 2.75) is 50.3 Å². The minimum Gasteiger partial charge on any atom is -0.477 e. The Labute approximate surface area is 124 Å². The van der Waals surface area contributed by atoms with Gasteiger partial charge < -0.3 is 5.11 Å². The van der Waals surface area contributed by atoms with Crippen LogP contribution in [0.5, 0.6) is 0 Å². The molecule has 2 N–H and O–H groups in total. The Morgan fingerprint density at radius 2 is 1.90 bits per heavy atom. The highest BCUT2D eigenvalue weighted by molar-refractivity contribution is 7.89. The average molecular weight is 319 g/mol. The molecule has 1 aromatic heterocycles. The highest BCUT2D eigenvalue weighted by Gasteiger charge is 2.17. The van der Waals surface area contributed by atoms with Gasteiger partial charge in [-0.1, -0.05) is 39.0 Å². The second kappa shape index (κ2) is 8.39. The van der Waals surface area contributed by atoms with Crippen LogP contribution in [-0.4, -0.2) is 26.0 Å². The van der Waals surface area contributed by atoms with Crippen molar-refractivity contribution in [3.63, 3.8) is 0 Å². The van der Waals surface area contributed by atoms with Crippen LogP contribution in [0.25, 0.3) is 0 Å². The van der Waals surface area contributed by atoms with E-state index in [2.05, 4.69) is 11.6 Å². The zero-order valence-corrected chi connectivity index (χ0v) is 13.2. The van der Waals surface area contributed by atoms with Crippen LogP contribution in [0.1, 0.15) is 55.1 Å². The van der Waals surface area contributed by atoms with Gasteiger partial charge in [0.1, 0.15) is 4.88 Å². The molecule has 114 valence electrons. The van der Waals surface area contributed by atoms with E-state index in [0.717, 1.165) is 30.6 Å². The van der Waals surface area contributed by atoms with Crippen LogP contribution < -0.4 is 4.72 Å². The summed E-state index contributed by atoms with van der Waals surface area (Å²) in [5.74, 6) is -1.10. The minimum atomic E-state index is -3.57. The van der Waals surface area contributed by atoms with Crippen molar-refractivity contribution in [2.75, 3.05) is 6.54 Å². The molecule has 7 heteroatoms. The summed E-state index contributed by atoms with van der Waals surface area (Å²) >= 11 is 0.919. The Balaban J connectivity index is 2.36. The minimum absolute atomic E-state index is 0.0324. The third kappa shape index (κ3) is 5.60. The lowest BCUT2D eigenvalue weighted by Gasteiger charge is -2.04. The largest absolute Gasteiger partial charge is 0.477 e. The van der Waals surface area contributed by atoms with E-state index >= 15 is 0 Å². The monoisotopic (exact) mass is 319 g/mol. The van der Waals surface area contributed by atoms with Gasteiger partial charge in [0, 0.05) is 11.9 Å². The summed E-state index contributed by atoms with van der Waals surface area (Å²) in [6, 6.07) is 1.19. The Hall–Kier alpha value is -0.920. The lowest BCUT2D eigenvalue weighted by atomic mass is 10.1. The summed E-state index contributed by atoms with van der Waals surface area (Å²) in [6.45, 7) is 2.55. The molecule has 0 unspecified atom stereocenters. The van der Waals surface area contributed by atoms with E-state index in [1.165, 1.54) is 30.7 Å². The van der Waals surface area contributed by atoms with Gasteiger partial charge in [0.25, 0.3) is 0 Å². The number of unbranched alkanes of at least 4 members (excludes halogenated alkanes) is 5. The van der Waals surface area contributed by atoms with Crippen molar-refractivity contribution in [1.29, 1.82) is 0 Å². The Morgan fingerprint density at radius 1 is 1.25 bits per heavy atom. The number of hydrogen-bond acceptors (Lipinski definition) is 4. The van der Waals surface area contributed by atoms with Crippen molar-refractivity contribution >= 4 is 27.3 Å². The number of carboxylic acid groups (broad SMARTS) is 1. The first-order valence-electron chi connectivity index (χ1n) is 6.79. The molecule has 0 amide bonds. The molecule has 0 spiro atoms. The highest BCUT2D eigenvalue weighted by atomic mass is 32.2. The molecule has 1 heterocycles. The molecule has 0 atom stereocenters. The van der Waals surface area contributed by atoms with Gasteiger partial charge in [-0.2, -0.15) is 0 Å². The number of thiophene rings is 1. The first-order chi connectivity index (χ1) is 9.47. The summed E-state index contributed by atoms with van der Waals surface area (Å²) in [7, 11) is -3.57. The van der Waals surface area contributed by atoms with Gasteiger partial charge in [-0.3, -0.25) is 0 Å². The lowest BCUT2D eigenvalue weighted by Crippen LogP contribution is -2.24. The molecule has 0 aliphatic rings. The van der Waals surface area contributed by atoms with Crippen LogP contribution in [-0.2, 0) is 10.0 Å². The standard InChI is InChI=1S/C13H21NO4S2/c1-2-3-4-5-6-7-8-14-20(17,18)11-9-12(13(15)16)19-10-11/h9-10,14H,2-8H2,1H3,(H,15,16). The van der Waals surface area contributed by atoms with E-state index in [0.29, 0.717) is 6.54 Å². The molecular formula is C13H21NO4S2. The SMILES string of the molecule is CCCCCCCCNS(=O)(=O)c1csc(C(=O)O)c1.